The highest BCUT2D eigenvalue weighted by molar-refractivity contribution is 5.99. The highest BCUT2D eigenvalue weighted by atomic mass is 19.1. The van der Waals surface area contributed by atoms with Gasteiger partial charge in [0.25, 0.3) is 0 Å². The van der Waals surface area contributed by atoms with Crippen molar-refractivity contribution in [2.24, 2.45) is 0 Å². The van der Waals surface area contributed by atoms with Crippen molar-refractivity contribution in [2.75, 3.05) is 49.7 Å². The number of rotatable bonds is 3. The molecule has 178 valence electrons. The smallest absolute Gasteiger partial charge is 0.413 e. The number of nitrogens with one attached hydrogen (secondary N) is 2. The molecule has 0 saturated carbocycles. The van der Waals surface area contributed by atoms with Crippen molar-refractivity contribution in [3.8, 4) is 17.0 Å². The number of likely N-dealkylation sites (tertiary alicyclic amines) is 1. The summed E-state index contributed by atoms with van der Waals surface area (Å²) in [7, 11) is 2.00. The van der Waals surface area contributed by atoms with E-state index in [1.165, 1.54) is 6.20 Å². The monoisotopic (exact) mass is 466 g/mol. The number of piperidine rings is 1. The minimum absolute atomic E-state index is 0.0132. The Balaban J connectivity index is 1.45. The van der Waals surface area contributed by atoms with Crippen LogP contribution in [0.5, 0.6) is 5.88 Å². The molecule has 1 unspecified atom stereocenters. The lowest BCUT2D eigenvalue weighted by molar-refractivity contribution is 0.0593. The van der Waals surface area contributed by atoms with Crippen LogP contribution in [-0.2, 0) is 4.74 Å². The predicted octanol–water partition coefficient (Wildman–Crippen LogP) is 3.77. The van der Waals surface area contributed by atoms with Crippen molar-refractivity contribution in [2.45, 2.75) is 25.9 Å². The van der Waals surface area contributed by atoms with Gasteiger partial charge < -0.3 is 25.4 Å². The Hall–Kier alpha value is -3.66. The maximum atomic E-state index is 15.3. The molecule has 5 rings (SSSR count). The normalized spacial score (nSPS) is 18.0. The van der Waals surface area contributed by atoms with E-state index in [0.29, 0.717) is 53.3 Å². The Morgan fingerprint density at radius 2 is 2.18 bits per heavy atom. The molecule has 0 aliphatic carbocycles. The fraction of sp³-hybridized carbons (Fsp3) is 0.375. The number of carbonyl (C=O) groups is 1. The van der Waals surface area contributed by atoms with Crippen molar-refractivity contribution in [1.29, 1.82) is 0 Å². The first-order chi connectivity index (χ1) is 16.4. The van der Waals surface area contributed by atoms with Crippen LogP contribution in [0.1, 0.15) is 18.4 Å². The van der Waals surface area contributed by atoms with Gasteiger partial charge in [0.2, 0.25) is 5.88 Å². The number of pyridine rings is 2. The molecule has 0 bridgehead atoms. The molecule has 2 aromatic heterocycles. The second-order valence-electron chi connectivity index (χ2n) is 8.75. The molecule has 1 aromatic carbocycles. The molecule has 2 aliphatic rings. The molecule has 1 fully saturated rings. The van der Waals surface area contributed by atoms with Gasteiger partial charge in [0, 0.05) is 42.0 Å². The molecule has 34 heavy (non-hydrogen) atoms. The Kier molecular flexibility index (Phi) is 5.82. The fourth-order valence-corrected chi connectivity index (χ4v) is 4.56. The number of fused-ring (bicyclic) bond motifs is 2. The lowest BCUT2D eigenvalue weighted by atomic mass is 9.97. The summed E-state index contributed by atoms with van der Waals surface area (Å²) < 4.78 is 26.4. The first-order valence-electron chi connectivity index (χ1n) is 11.3. The molecule has 9 nitrogen and oxygen atoms in total. The highest BCUT2D eigenvalue weighted by Gasteiger charge is 2.23. The number of halogens is 1. The number of amides is 1. The van der Waals surface area contributed by atoms with Crippen LogP contribution in [0.2, 0.25) is 0 Å². The van der Waals surface area contributed by atoms with Crippen LogP contribution in [0.15, 0.2) is 24.5 Å². The molecule has 10 heteroatoms. The van der Waals surface area contributed by atoms with E-state index < -0.39 is 11.9 Å². The average molecular weight is 467 g/mol. The van der Waals surface area contributed by atoms with E-state index >= 15 is 4.39 Å². The van der Waals surface area contributed by atoms with Gasteiger partial charge >= 0.3 is 6.09 Å². The van der Waals surface area contributed by atoms with E-state index in [0.717, 1.165) is 30.6 Å². The highest BCUT2D eigenvalue weighted by Crippen LogP contribution is 2.39. The Labute approximate surface area is 196 Å². The second kappa shape index (κ2) is 8.94. The van der Waals surface area contributed by atoms with Gasteiger partial charge in [-0.05, 0) is 56.4 Å². The number of nitrogens with zero attached hydrogens (tertiary/aromatic N) is 3. The van der Waals surface area contributed by atoms with Crippen LogP contribution in [0.3, 0.4) is 0 Å². The molecule has 2 aliphatic heterocycles. The van der Waals surface area contributed by atoms with E-state index in [9.17, 15) is 4.79 Å². The number of nitrogen functional groups attached to an aromatic ring is 1. The lowest BCUT2D eigenvalue weighted by Crippen LogP contribution is -2.38. The van der Waals surface area contributed by atoms with Gasteiger partial charge in [-0.25, -0.2) is 19.2 Å². The van der Waals surface area contributed by atoms with Gasteiger partial charge in [-0.1, -0.05) is 0 Å². The summed E-state index contributed by atoms with van der Waals surface area (Å²) >= 11 is 0. The third kappa shape index (κ3) is 4.16. The quantitative estimate of drug-likeness (QED) is 0.500. The number of carbonyl (C=O) groups excluding carboxylic acids is 1. The molecule has 1 atom stereocenters. The average Bonchev–Trinajstić information content (AvgIpc) is 2.82. The molecule has 4 heterocycles. The molecule has 1 saturated heterocycles. The molecule has 1 amide bonds. The summed E-state index contributed by atoms with van der Waals surface area (Å²) in [5.41, 5.74) is 8.61. The maximum Gasteiger partial charge on any atom is 0.413 e. The first kappa shape index (κ1) is 22.1. The molecular weight excluding hydrogens is 439 g/mol. The van der Waals surface area contributed by atoms with Gasteiger partial charge in [-0.3, -0.25) is 5.32 Å². The topological polar surface area (TPSA) is 115 Å². The molecule has 0 spiro atoms. The number of hydrogen-bond acceptors (Lipinski definition) is 8. The Morgan fingerprint density at radius 3 is 3.00 bits per heavy atom. The van der Waals surface area contributed by atoms with Gasteiger partial charge in [-0.2, -0.15) is 0 Å². The number of hydrogen-bond donors (Lipinski definition) is 3. The third-order valence-electron chi connectivity index (χ3n) is 6.32. The summed E-state index contributed by atoms with van der Waals surface area (Å²) in [5.74, 6) is 0.256. The number of aromatic nitrogens is 2. The van der Waals surface area contributed by atoms with Gasteiger partial charge in [0.05, 0.1) is 5.69 Å². The predicted molar refractivity (Wildman–Crippen MR) is 129 cm³/mol. The van der Waals surface area contributed by atoms with E-state index in [2.05, 4.69) is 25.5 Å². The Morgan fingerprint density at radius 1 is 1.32 bits per heavy atom. The van der Waals surface area contributed by atoms with Crippen LogP contribution >= 0.6 is 0 Å². The van der Waals surface area contributed by atoms with Gasteiger partial charge in [0.15, 0.2) is 5.82 Å². The number of anilines is 3. The molecular formula is C24H27FN6O3. The third-order valence-corrected chi connectivity index (χ3v) is 6.32. The zero-order valence-electron chi connectivity index (χ0n) is 19.2. The summed E-state index contributed by atoms with van der Waals surface area (Å²) in [5, 5.41) is 7.04. The van der Waals surface area contributed by atoms with Gasteiger partial charge in [0.1, 0.15) is 24.2 Å². The van der Waals surface area contributed by atoms with Crippen molar-refractivity contribution in [3.63, 3.8) is 0 Å². The van der Waals surface area contributed by atoms with Crippen molar-refractivity contribution in [1.82, 2.24) is 14.9 Å². The minimum atomic E-state index is -0.566. The van der Waals surface area contributed by atoms with Crippen LogP contribution in [0, 0.1) is 12.7 Å². The summed E-state index contributed by atoms with van der Waals surface area (Å²) in [6.07, 6.45) is 4.12. The van der Waals surface area contributed by atoms with Crippen molar-refractivity contribution < 1.29 is 18.7 Å². The van der Waals surface area contributed by atoms with Crippen LogP contribution in [-0.4, -0.2) is 60.4 Å². The molecule has 4 N–H and O–H groups in total. The first-order valence-corrected chi connectivity index (χ1v) is 11.3. The van der Waals surface area contributed by atoms with Crippen LogP contribution in [0.25, 0.3) is 21.9 Å². The van der Waals surface area contributed by atoms with Crippen molar-refractivity contribution >= 4 is 34.1 Å². The Bertz CT molecular complexity index is 1270. The van der Waals surface area contributed by atoms with Crippen LogP contribution in [0.4, 0.5) is 26.4 Å². The maximum absolute atomic E-state index is 15.3. The number of benzene rings is 1. The number of likely N-dealkylation sites (N-methyl/N-ethyl adjacent to an activating group) is 1. The zero-order chi connectivity index (χ0) is 23.8. The van der Waals surface area contributed by atoms with E-state index in [1.54, 1.807) is 18.3 Å². The molecule has 0 radical (unpaired) electrons. The second-order valence-corrected chi connectivity index (χ2v) is 8.75. The fourth-order valence-electron chi connectivity index (χ4n) is 4.56. The summed E-state index contributed by atoms with van der Waals surface area (Å²) in [4.78, 5) is 23.1. The van der Waals surface area contributed by atoms with E-state index in [4.69, 9.17) is 15.2 Å². The number of nitrogens with two attached hydrogens (primary N) is 1. The lowest BCUT2D eigenvalue weighted by Gasteiger charge is -2.29. The largest absolute Gasteiger partial charge is 0.474 e. The standard InChI is InChI=1S/C24H27FN6O3/c1-13-17(10-29-23-22(13)27-5-7-33-23)16-8-14-9-19(28-11-18(14)21(26)20(16)25)30-24(32)34-15-4-3-6-31(2)12-15/h8-11,15,27H,3-7,12,26H2,1-2H3,(H,28,30,32). The SMILES string of the molecule is Cc1c(-c2cc3cc(NC(=O)OC4CCCN(C)C4)ncc3c(N)c2F)cnc2c1NCCO2. The molecule has 3 aromatic rings. The van der Waals surface area contributed by atoms with E-state index in [-0.39, 0.29) is 11.8 Å². The zero-order valence-corrected chi connectivity index (χ0v) is 19.2. The van der Waals surface area contributed by atoms with E-state index in [1.807, 2.05) is 14.0 Å². The van der Waals surface area contributed by atoms with Crippen LogP contribution < -0.4 is 21.1 Å². The summed E-state index contributed by atoms with van der Waals surface area (Å²) in [6, 6.07) is 3.35. The minimum Gasteiger partial charge on any atom is -0.474 e. The van der Waals surface area contributed by atoms with Gasteiger partial charge in [-0.15, -0.1) is 0 Å². The number of ether oxygens (including phenoxy) is 2. The summed E-state index contributed by atoms with van der Waals surface area (Å²) in [6.45, 7) is 4.76. The van der Waals surface area contributed by atoms with Crippen molar-refractivity contribution in [3.05, 3.63) is 35.9 Å².